The molecule has 1 N–H and O–H groups in total. The van der Waals surface area contributed by atoms with E-state index < -0.39 is 0 Å². The molecule has 6 heteroatoms. The SMILES string of the molecule is CCn1c(C)cc(/C=N/NC(=O)COc2cccc(N(C)C)c2)c1C. The Kier molecular flexibility index (Phi) is 6.22. The van der Waals surface area contributed by atoms with Crippen LogP contribution in [0.15, 0.2) is 35.4 Å². The number of carbonyl (C=O) groups excluding carboxylic acids is 1. The van der Waals surface area contributed by atoms with Crippen molar-refractivity contribution in [1.82, 2.24) is 9.99 Å². The maximum absolute atomic E-state index is 11.9. The summed E-state index contributed by atoms with van der Waals surface area (Å²) in [5.74, 6) is 0.354. The van der Waals surface area contributed by atoms with Gasteiger partial charge in [0, 0.05) is 49.3 Å². The molecule has 0 fully saturated rings. The number of aromatic nitrogens is 1. The molecule has 0 spiro atoms. The molecule has 0 saturated carbocycles. The summed E-state index contributed by atoms with van der Waals surface area (Å²) < 4.78 is 7.71. The van der Waals surface area contributed by atoms with Crippen molar-refractivity contribution in [2.45, 2.75) is 27.3 Å². The number of hydrogen-bond donors (Lipinski definition) is 1. The average molecular weight is 342 g/mol. The molecule has 0 bridgehead atoms. The number of aryl methyl sites for hydroxylation is 1. The lowest BCUT2D eigenvalue weighted by Gasteiger charge is -2.13. The molecule has 1 aromatic heterocycles. The van der Waals surface area contributed by atoms with Crippen molar-refractivity contribution < 1.29 is 9.53 Å². The molecule has 0 aliphatic heterocycles. The first kappa shape index (κ1) is 18.6. The molecule has 1 heterocycles. The number of ether oxygens (including phenoxy) is 1. The van der Waals surface area contributed by atoms with Gasteiger partial charge in [0.15, 0.2) is 6.61 Å². The van der Waals surface area contributed by atoms with E-state index in [1.54, 1.807) is 6.21 Å². The van der Waals surface area contributed by atoms with Gasteiger partial charge in [0.2, 0.25) is 0 Å². The Hall–Kier alpha value is -2.76. The number of hydrazone groups is 1. The molecular weight excluding hydrogens is 316 g/mol. The van der Waals surface area contributed by atoms with Gasteiger partial charge in [-0.25, -0.2) is 5.43 Å². The van der Waals surface area contributed by atoms with Gasteiger partial charge in [-0.1, -0.05) is 6.07 Å². The van der Waals surface area contributed by atoms with Crippen molar-refractivity contribution >= 4 is 17.8 Å². The van der Waals surface area contributed by atoms with Crippen LogP contribution in [-0.2, 0) is 11.3 Å². The van der Waals surface area contributed by atoms with Gasteiger partial charge in [-0.05, 0) is 39.0 Å². The number of rotatable bonds is 7. The van der Waals surface area contributed by atoms with Crippen LogP contribution < -0.4 is 15.1 Å². The van der Waals surface area contributed by atoms with Crippen LogP contribution in [0.1, 0.15) is 23.9 Å². The molecule has 0 atom stereocenters. The quantitative estimate of drug-likeness (QED) is 0.622. The standard InChI is InChI=1S/C19H26N4O2/c1-6-23-14(2)10-16(15(23)3)12-20-21-19(24)13-25-18-9-7-8-17(11-18)22(4)5/h7-12H,6,13H2,1-5H3,(H,21,24)/b20-12+. The lowest BCUT2D eigenvalue weighted by Crippen LogP contribution is -2.24. The molecular formula is C19H26N4O2. The van der Waals surface area contributed by atoms with Gasteiger partial charge in [0.1, 0.15) is 5.75 Å². The van der Waals surface area contributed by atoms with Gasteiger partial charge < -0.3 is 14.2 Å². The zero-order valence-electron chi connectivity index (χ0n) is 15.5. The molecule has 0 unspecified atom stereocenters. The van der Waals surface area contributed by atoms with Gasteiger partial charge in [-0.15, -0.1) is 0 Å². The van der Waals surface area contributed by atoms with E-state index in [1.165, 1.54) is 5.69 Å². The van der Waals surface area contributed by atoms with Crippen molar-refractivity contribution in [3.05, 3.63) is 47.3 Å². The van der Waals surface area contributed by atoms with Crippen molar-refractivity contribution in [2.24, 2.45) is 5.10 Å². The first-order chi connectivity index (χ1) is 11.9. The third kappa shape index (κ3) is 4.86. The van der Waals surface area contributed by atoms with Gasteiger partial charge >= 0.3 is 0 Å². The number of nitrogens with one attached hydrogen (secondary N) is 1. The first-order valence-corrected chi connectivity index (χ1v) is 8.31. The number of carbonyl (C=O) groups is 1. The summed E-state index contributed by atoms with van der Waals surface area (Å²) in [6.07, 6.45) is 1.67. The molecule has 1 amide bonds. The van der Waals surface area contributed by atoms with E-state index in [9.17, 15) is 4.79 Å². The highest BCUT2D eigenvalue weighted by Crippen LogP contribution is 2.19. The number of amides is 1. The second-order valence-electron chi connectivity index (χ2n) is 6.04. The largest absolute Gasteiger partial charge is 0.484 e. The lowest BCUT2D eigenvalue weighted by atomic mass is 10.3. The molecule has 0 radical (unpaired) electrons. The fourth-order valence-corrected chi connectivity index (χ4v) is 2.65. The Morgan fingerprint density at radius 1 is 1.32 bits per heavy atom. The van der Waals surface area contributed by atoms with E-state index in [4.69, 9.17) is 4.74 Å². The fourth-order valence-electron chi connectivity index (χ4n) is 2.65. The summed E-state index contributed by atoms with van der Waals surface area (Å²) in [6, 6.07) is 9.63. The Bertz CT molecular complexity index is 763. The minimum atomic E-state index is -0.296. The molecule has 6 nitrogen and oxygen atoms in total. The second kappa shape index (κ2) is 8.37. The molecule has 25 heavy (non-hydrogen) atoms. The maximum Gasteiger partial charge on any atom is 0.277 e. The summed E-state index contributed by atoms with van der Waals surface area (Å²) in [6.45, 7) is 7.04. The minimum Gasteiger partial charge on any atom is -0.484 e. The van der Waals surface area contributed by atoms with E-state index in [0.29, 0.717) is 5.75 Å². The van der Waals surface area contributed by atoms with Crippen molar-refractivity contribution in [2.75, 3.05) is 25.6 Å². The van der Waals surface area contributed by atoms with E-state index in [-0.39, 0.29) is 12.5 Å². The zero-order chi connectivity index (χ0) is 18.4. The monoisotopic (exact) mass is 342 g/mol. The van der Waals surface area contributed by atoms with Crippen LogP contribution in [0.2, 0.25) is 0 Å². The third-order valence-corrected chi connectivity index (χ3v) is 4.03. The van der Waals surface area contributed by atoms with E-state index in [1.807, 2.05) is 50.2 Å². The highest BCUT2D eigenvalue weighted by molar-refractivity contribution is 5.84. The summed E-state index contributed by atoms with van der Waals surface area (Å²) in [5.41, 5.74) is 6.83. The number of nitrogens with zero attached hydrogens (tertiary/aromatic N) is 3. The smallest absolute Gasteiger partial charge is 0.277 e. The number of anilines is 1. The second-order valence-corrected chi connectivity index (χ2v) is 6.04. The first-order valence-electron chi connectivity index (χ1n) is 8.31. The lowest BCUT2D eigenvalue weighted by molar-refractivity contribution is -0.123. The van der Waals surface area contributed by atoms with Gasteiger partial charge in [0.25, 0.3) is 5.91 Å². The summed E-state index contributed by atoms with van der Waals surface area (Å²) in [7, 11) is 3.91. The van der Waals surface area contributed by atoms with Crippen LogP contribution in [0.5, 0.6) is 5.75 Å². The van der Waals surface area contributed by atoms with Crippen LogP contribution in [0.25, 0.3) is 0 Å². The molecule has 1 aromatic carbocycles. The predicted molar refractivity (Wildman–Crippen MR) is 102 cm³/mol. The number of hydrogen-bond acceptors (Lipinski definition) is 4. The van der Waals surface area contributed by atoms with Crippen molar-refractivity contribution in [1.29, 1.82) is 0 Å². The summed E-state index contributed by atoms with van der Waals surface area (Å²) in [5, 5.41) is 4.02. The highest BCUT2D eigenvalue weighted by Gasteiger charge is 2.06. The fraction of sp³-hybridized carbons (Fsp3) is 0.368. The zero-order valence-corrected chi connectivity index (χ0v) is 15.5. The predicted octanol–water partition coefficient (Wildman–Crippen LogP) is 2.72. The summed E-state index contributed by atoms with van der Waals surface area (Å²) >= 11 is 0. The van der Waals surface area contributed by atoms with Gasteiger partial charge in [-0.2, -0.15) is 5.10 Å². The van der Waals surface area contributed by atoms with E-state index >= 15 is 0 Å². The molecule has 2 rings (SSSR count). The van der Waals surface area contributed by atoms with E-state index in [2.05, 4.69) is 35.0 Å². The van der Waals surface area contributed by atoms with Gasteiger partial charge in [-0.3, -0.25) is 4.79 Å². The molecule has 134 valence electrons. The molecule has 2 aromatic rings. The average Bonchev–Trinajstić information content (AvgIpc) is 2.86. The van der Waals surface area contributed by atoms with Crippen molar-refractivity contribution in [3.63, 3.8) is 0 Å². The van der Waals surface area contributed by atoms with Gasteiger partial charge in [0.05, 0.1) is 6.21 Å². The Morgan fingerprint density at radius 3 is 2.72 bits per heavy atom. The van der Waals surface area contributed by atoms with E-state index in [0.717, 1.165) is 23.5 Å². The minimum absolute atomic E-state index is 0.0811. The van der Waals surface area contributed by atoms with Crippen LogP contribution in [0.4, 0.5) is 5.69 Å². The van der Waals surface area contributed by atoms with Crippen LogP contribution in [0, 0.1) is 13.8 Å². The van der Waals surface area contributed by atoms with Crippen LogP contribution in [-0.4, -0.2) is 37.4 Å². The Morgan fingerprint density at radius 2 is 2.08 bits per heavy atom. The molecule has 0 aliphatic carbocycles. The topological polar surface area (TPSA) is 58.9 Å². The molecule has 0 aliphatic rings. The molecule has 0 saturated heterocycles. The Labute approximate surface area is 149 Å². The normalized spacial score (nSPS) is 10.9. The number of benzene rings is 1. The summed E-state index contributed by atoms with van der Waals surface area (Å²) in [4.78, 5) is 13.8. The van der Waals surface area contributed by atoms with Crippen LogP contribution in [0.3, 0.4) is 0 Å². The highest BCUT2D eigenvalue weighted by atomic mass is 16.5. The maximum atomic E-state index is 11.9. The van der Waals surface area contributed by atoms with Crippen LogP contribution >= 0.6 is 0 Å². The van der Waals surface area contributed by atoms with Crippen molar-refractivity contribution in [3.8, 4) is 5.75 Å². The third-order valence-electron chi connectivity index (χ3n) is 4.03. The Balaban J connectivity index is 1.88.